The van der Waals surface area contributed by atoms with Crippen LogP contribution < -0.4 is 5.32 Å². The van der Waals surface area contributed by atoms with Crippen LogP contribution in [0.1, 0.15) is 26.3 Å². The minimum atomic E-state index is -0.813. The topological polar surface area (TPSA) is 136 Å². The van der Waals surface area contributed by atoms with Gasteiger partial charge < -0.3 is 10.2 Å². The zero-order valence-corrected chi connectivity index (χ0v) is 14.8. The number of benzene rings is 2. The molecule has 10 heteroatoms. The minimum absolute atomic E-state index is 0.0143. The van der Waals surface area contributed by atoms with Crippen molar-refractivity contribution in [1.29, 1.82) is 0 Å². The molecule has 2 aromatic rings. The number of rotatable bonds is 5. The van der Waals surface area contributed by atoms with Crippen LogP contribution in [0.3, 0.4) is 0 Å². The molecule has 0 atom stereocenters. The zero-order chi connectivity index (χ0) is 20.3. The second kappa shape index (κ2) is 7.60. The molecular weight excluding hydrogens is 356 g/mol. The van der Waals surface area contributed by atoms with E-state index in [1.54, 1.807) is 26.2 Å². The van der Waals surface area contributed by atoms with E-state index < -0.39 is 27.1 Å². The van der Waals surface area contributed by atoms with Crippen LogP contribution >= 0.6 is 0 Å². The molecule has 27 heavy (non-hydrogen) atoms. The number of carbonyl (C=O) groups is 2. The third-order valence-corrected chi connectivity index (χ3v) is 3.83. The summed E-state index contributed by atoms with van der Waals surface area (Å²) in [4.78, 5) is 46.8. The van der Waals surface area contributed by atoms with E-state index in [0.717, 1.165) is 12.1 Å². The van der Waals surface area contributed by atoms with E-state index in [9.17, 15) is 29.8 Å². The molecule has 0 aromatic heterocycles. The predicted molar refractivity (Wildman–Crippen MR) is 96.9 cm³/mol. The second-order valence-corrected chi connectivity index (χ2v) is 5.85. The number of hydrogen-bond acceptors (Lipinski definition) is 6. The summed E-state index contributed by atoms with van der Waals surface area (Å²) in [6, 6.07) is 8.00. The highest BCUT2D eigenvalue weighted by atomic mass is 16.6. The molecule has 0 unspecified atom stereocenters. The molecule has 0 saturated heterocycles. The fraction of sp³-hybridized carbons (Fsp3) is 0.176. The molecule has 140 valence electrons. The van der Waals surface area contributed by atoms with E-state index in [1.807, 2.05) is 0 Å². The number of nitrogens with one attached hydrogen (secondary N) is 1. The van der Waals surface area contributed by atoms with Crippen molar-refractivity contribution in [3.63, 3.8) is 0 Å². The Balaban J connectivity index is 2.50. The van der Waals surface area contributed by atoms with E-state index in [4.69, 9.17) is 0 Å². The standard InChI is InChI=1S/C17H16N4O6/c1-10-13(8-11(20(24)25)9-15(10)21(26)27)16(22)18-14-7-5-4-6-12(14)17(23)19(2)3/h4-9H,1-3H3,(H,18,22). The Morgan fingerprint density at radius 1 is 1.00 bits per heavy atom. The highest BCUT2D eigenvalue weighted by Gasteiger charge is 2.25. The molecule has 0 saturated carbocycles. The van der Waals surface area contributed by atoms with Crippen LogP contribution in [-0.2, 0) is 0 Å². The first-order valence-corrected chi connectivity index (χ1v) is 7.69. The van der Waals surface area contributed by atoms with E-state index in [0.29, 0.717) is 0 Å². The minimum Gasteiger partial charge on any atom is -0.345 e. The lowest BCUT2D eigenvalue weighted by molar-refractivity contribution is -0.394. The second-order valence-electron chi connectivity index (χ2n) is 5.85. The van der Waals surface area contributed by atoms with Gasteiger partial charge in [-0.1, -0.05) is 12.1 Å². The summed E-state index contributed by atoms with van der Waals surface area (Å²) in [5.74, 6) is -1.15. The van der Waals surface area contributed by atoms with Gasteiger partial charge in [0.2, 0.25) is 0 Å². The molecule has 1 N–H and O–H groups in total. The van der Waals surface area contributed by atoms with Crippen molar-refractivity contribution in [2.24, 2.45) is 0 Å². The first-order chi connectivity index (χ1) is 12.6. The van der Waals surface area contributed by atoms with Crippen molar-refractivity contribution in [3.8, 4) is 0 Å². The van der Waals surface area contributed by atoms with Gasteiger partial charge in [0.15, 0.2) is 0 Å². The fourth-order valence-electron chi connectivity index (χ4n) is 2.42. The molecule has 0 radical (unpaired) electrons. The largest absolute Gasteiger partial charge is 0.345 e. The highest BCUT2D eigenvalue weighted by molar-refractivity contribution is 6.10. The number of hydrogen-bond donors (Lipinski definition) is 1. The van der Waals surface area contributed by atoms with E-state index in [-0.39, 0.29) is 28.3 Å². The van der Waals surface area contributed by atoms with Crippen LogP contribution in [-0.4, -0.2) is 40.7 Å². The van der Waals surface area contributed by atoms with E-state index >= 15 is 0 Å². The number of anilines is 1. The van der Waals surface area contributed by atoms with Crippen molar-refractivity contribution < 1.29 is 19.4 Å². The van der Waals surface area contributed by atoms with Crippen LogP contribution in [0.15, 0.2) is 36.4 Å². The monoisotopic (exact) mass is 372 g/mol. The number of carbonyl (C=O) groups excluding carboxylic acids is 2. The lowest BCUT2D eigenvalue weighted by Gasteiger charge is -2.15. The summed E-state index contributed by atoms with van der Waals surface area (Å²) in [6.07, 6.45) is 0. The molecule has 0 aliphatic rings. The Kier molecular flexibility index (Phi) is 5.49. The normalized spacial score (nSPS) is 10.2. The van der Waals surface area contributed by atoms with E-state index in [1.165, 1.54) is 24.0 Å². The molecule has 2 rings (SSSR count). The summed E-state index contributed by atoms with van der Waals surface area (Å²) in [6.45, 7) is 1.33. The Morgan fingerprint density at radius 3 is 2.19 bits per heavy atom. The first kappa shape index (κ1) is 19.5. The molecule has 0 fully saturated rings. The molecule has 0 heterocycles. The quantitative estimate of drug-likeness (QED) is 0.633. The maximum Gasteiger partial charge on any atom is 0.279 e. The van der Waals surface area contributed by atoms with Crippen LogP contribution in [0.2, 0.25) is 0 Å². The lowest BCUT2D eigenvalue weighted by atomic mass is 10.0. The lowest BCUT2D eigenvalue weighted by Crippen LogP contribution is -2.24. The van der Waals surface area contributed by atoms with Crippen LogP contribution in [0.4, 0.5) is 17.1 Å². The van der Waals surface area contributed by atoms with Gasteiger partial charge in [-0.05, 0) is 19.1 Å². The number of nitro groups is 2. The smallest absolute Gasteiger partial charge is 0.279 e. The molecular formula is C17H16N4O6. The maximum atomic E-state index is 12.6. The third kappa shape index (κ3) is 4.06. The molecule has 2 aromatic carbocycles. The highest BCUT2D eigenvalue weighted by Crippen LogP contribution is 2.29. The predicted octanol–water partition coefficient (Wildman–Crippen LogP) is 2.77. The Morgan fingerprint density at radius 2 is 1.63 bits per heavy atom. The first-order valence-electron chi connectivity index (χ1n) is 7.69. The van der Waals surface area contributed by atoms with Crippen LogP contribution in [0, 0.1) is 27.2 Å². The molecule has 2 amide bonds. The van der Waals surface area contributed by atoms with Gasteiger partial charge in [0.05, 0.1) is 32.7 Å². The number of nitrogens with zero attached hydrogens (tertiary/aromatic N) is 3. The van der Waals surface area contributed by atoms with Crippen molar-refractivity contribution in [3.05, 3.63) is 73.3 Å². The van der Waals surface area contributed by atoms with Crippen LogP contribution in [0.5, 0.6) is 0 Å². The summed E-state index contributed by atoms with van der Waals surface area (Å²) >= 11 is 0. The zero-order valence-electron chi connectivity index (χ0n) is 14.8. The van der Waals surface area contributed by atoms with Gasteiger partial charge >= 0.3 is 0 Å². The fourth-order valence-corrected chi connectivity index (χ4v) is 2.42. The summed E-state index contributed by atoms with van der Waals surface area (Å²) < 4.78 is 0. The van der Waals surface area contributed by atoms with Gasteiger partial charge in [-0.3, -0.25) is 29.8 Å². The molecule has 0 aliphatic heterocycles. The van der Waals surface area contributed by atoms with Gasteiger partial charge in [-0.25, -0.2) is 0 Å². The SMILES string of the molecule is Cc1c(C(=O)Nc2ccccc2C(=O)N(C)C)cc([N+](=O)[O-])cc1[N+](=O)[O-]. The Bertz CT molecular complexity index is 954. The van der Waals surface area contributed by atoms with Crippen LogP contribution in [0.25, 0.3) is 0 Å². The average Bonchev–Trinajstić information content (AvgIpc) is 2.61. The number of non-ortho nitro benzene ring substituents is 1. The molecule has 0 bridgehead atoms. The number of nitro benzene ring substituents is 2. The molecule has 0 aliphatic carbocycles. The third-order valence-electron chi connectivity index (χ3n) is 3.83. The Labute approximate surface area is 153 Å². The Hall–Kier alpha value is -3.82. The van der Waals surface area contributed by atoms with Gasteiger partial charge in [0.25, 0.3) is 23.2 Å². The van der Waals surface area contributed by atoms with Crippen molar-refractivity contribution in [2.45, 2.75) is 6.92 Å². The summed E-state index contributed by atoms with van der Waals surface area (Å²) in [5, 5.41) is 24.7. The maximum absolute atomic E-state index is 12.6. The summed E-state index contributed by atoms with van der Waals surface area (Å²) in [7, 11) is 3.10. The number of para-hydroxylation sites is 1. The molecule has 10 nitrogen and oxygen atoms in total. The molecule has 0 spiro atoms. The van der Waals surface area contributed by atoms with Crippen molar-refractivity contribution in [1.82, 2.24) is 4.90 Å². The summed E-state index contributed by atoms with van der Waals surface area (Å²) in [5.41, 5.74) is -0.937. The number of amides is 2. The average molecular weight is 372 g/mol. The van der Waals surface area contributed by atoms with Gasteiger partial charge in [0.1, 0.15) is 0 Å². The van der Waals surface area contributed by atoms with Crippen molar-refractivity contribution in [2.75, 3.05) is 19.4 Å². The van der Waals surface area contributed by atoms with Gasteiger partial charge in [-0.2, -0.15) is 0 Å². The van der Waals surface area contributed by atoms with Gasteiger partial charge in [-0.15, -0.1) is 0 Å². The van der Waals surface area contributed by atoms with E-state index in [2.05, 4.69) is 5.32 Å². The van der Waals surface area contributed by atoms with Gasteiger partial charge in [0, 0.05) is 25.7 Å². The van der Waals surface area contributed by atoms with Crippen molar-refractivity contribution >= 4 is 28.9 Å².